The number of nitrogens with one attached hydrogen (secondary N) is 2. The number of hydrogen-bond acceptors (Lipinski definition) is 2. The van der Waals surface area contributed by atoms with Crippen LogP contribution >= 0.6 is 0 Å². The van der Waals surface area contributed by atoms with Crippen LogP contribution in [0.4, 0.5) is 0 Å². The van der Waals surface area contributed by atoms with E-state index >= 15 is 0 Å². The molecule has 3 aromatic rings. The van der Waals surface area contributed by atoms with Crippen LogP contribution in [0.25, 0.3) is 10.9 Å². The fraction of sp³-hybridized carbons (Fsp3) is 0.333. The molecule has 4 rings (SSSR count). The SMILES string of the molecule is CC(C)CCNC(=O)CCN1C(=O)c2ccccc2C1c1c[nH]c2ccccc12. The van der Waals surface area contributed by atoms with E-state index in [1.807, 2.05) is 53.6 Å². The lowest BCUT2D eigenvalue weighted by Gasteiger charge is -2.25. The lowest BCUT2D eigenvalue weighted by atomic mass is 9.97. The number of nitrogens with zero attached hydrogens (tertiary/aromatic N) is 1. The van der Waals surface area contributed by atoms with Crippen LogP contribution in [0.5, 0.6) is 0 Å². The molecule has 0 saturated carbocycles. The topological polar surface area (TPSA) is 65.2 Å². The van der Waals surface area contributed by atoms with Crippen LogP contribution in [0.2, 0.25) is 0 Å². The molecule has 0 radical (unpaired) electrons. The van der Waals surface area contributed by atoms with E-state index in [1.165, 1.54) is 0 Å². The maximum atomic E-state index is 13.1. The Kier molecular flexibility index (Phi) is 5.38. The second kappa shape index (κ2) is 8.11. The van der Waals surface area contributed by atoms with Gasteiger partial charge >= 0.3 is 0 Å². The Morgan fingerprint density at radius 2 is 1.86 bits per heavy atom. The van der Waals surface area contributed by atoms with Crippen LogP contribution < -0.4 is 5.32 Å². The third-order valence-corrected chi connectivity index (χ3v) is 5.60. The Morgan fingerprint density at radius 3 is 2.69 bits per heavy atom. The Bertz CT molecular complexity index is 1040. The number of fused-ring (bicyclic) bond motifs is 2. The van der Waals surface area contributed by atoms with Gasteiger partial charge in [-0.05, 0) is 30.0 Å². The smallest absolute Gasteiger partial charge is 0.255 e. The first-order chi connectivity index (χ1) is 14.1. The number of carbonyl (C=O) groups is 2. The van der Waals surface area contributed by atoms with E-state index in [4.69, 9.17) is 0 Å². The highest BCUT2D eigenvalue weighted by Crippen LogP contribution is 2.41. The zero-order chi connectivity index (χ0) is 20.4. The Hall–Kier alpha value is -3.08. The molecule has 1 atom stereocenters. The predicted molar refractivity (Wildman–Crippen MR) is 115 cm³/mol. The molecule has 0 fully saturated rings. The van der Waals surface area contributed by atoms with Gasteiger partial charge < -0.3 is 15.2 Å². The second-order valence-electron chi connectivity index (χ2n) is 8.06. The van der Waals surface area contributed by atoms with E-state index in [-0.39, 0.29) is 17.9 Å². The monoisotopic (exact) mass is 389 g/mol. The molecule has 1 unspecified atom stereocenters. The molecule has 1 aliphatic heterocycles. The van der Waals surface area contributed by atoms with Crippen LogP contribution in [-0.2, 0) is 4.79 Å². The van der Waals surface area contributed by atoms with Crippen LogP contribution in [0, 0.1) is 5.92 Å². The number of carbonyl (C=O) groups excluding carboxylic acids is 2. The lowest BCUT2D eigenvalue weighted by Crippen LogP contribution is -2.34. The van der Waals surface area contributed by atoms with Crippen molar-refractivity contribution in [2.45, 2.75) is 32.7 Å². The van der Waals surface area contributed by atoms with Crippen molar-refractivity contribution in [2.75, 3.05) is 13.1 Å². The number of para-hydroxylation sites is 1. The Labute approximate surface area is 171 Å². The van der Waals surface area contributed by atoms with Crippen molar-refractivity contribution in [1.82, 2.24) is 15.2 Å². The summed E-state index contributed by atoms with van der Waals surface area (Å²) in [6.45, 7) is 5.35. The number of aromatic nitrogens is 1. The van der Waals surface area contributed by atoms with E-state index < -0.39 is 0 Å². The van der Waals surface area contributed by atoms with Crippen molar-refractivity contribution in [3.63, 3.8) is 0 Å². The fourth-order valence-corrected chi connectivity index (χ4v) is 4.07. The quantitative estimate of drug-likeness (QED) is 0.634. The number of aromatic amines is 1. The summed E-state index contributed by atoms with van der Waals surface area (Å²) < 4.78 is 0. The van der Waals surface area contributed by atoms with E-state index in [2.05, 4.69) is 30.2 Å². The highest BCUT2D eigenvalue weighted by Gasteiger charge is 2.38. The normalized spacial score (nSPS) is 15.9. The predicted octanol–water partition coefficient (Wildman–Crippen LogP) is 4.27. The minimum absolute atomic E-state index is 0.00733. The number of rotatable bonds is 7. The molecule has 1 aromatic heterocycles. The van der Waals surface area contributed by atoms with E-state index in [9.17, 15) is 9.59 Å². The molecular formula is C24H27N3O2. The highest BCUT2D eigenvalue weighted by molar-refractivity contribution is 6.01. The summed E-state index contributed by atoms with van der Waals surface area (Å²) in [6.07, 6.45) is 3.24. The lowest BCUT2D eigenvalue weighted by molar-refractivity contribution is -0.121. The largest absolute Gasteiger partial charge is 0.361 e. The molecular weight excluding hydrogens is 362 g/mol. The first-order valence-corrected chi connectivity index (χ1v) is 10.3. The van der Waals surface area contributed by atoms with Crippen molar-refractivity contribution in [3.05, 3.63) is 71.4 Å². The van der Waals surface area contributed by atoms with Crippen molar-refractivity contribution in [2.24, 2.45) is 5.92 Å². The van der Waals surface area contributed by atoms with E-state index in [1.54, 1.807) is 0 Å². The van der Waals surface area contributed by atoms with E-state index in [0.717, 1.165) is 34.0 Å². The van der Waals surface area contributed by atoms with Gasteiger partial charge in [-0.15, -0.1) is 0 Å². The molecule has 29 heavy (non-hydrogen) atoms. The second-order valence-corrected chi connectivity index (χ2v) is 8.06. The summed E-state index contributed by atoms with van der Waals surface area (Å²) in [6, 6.07) is 15.7. The van der Waals surface area contributed by atoms with Gasteiger partial charge in [0, 0.05) is 47.7 Å². The van der Waals surface area contributed by atoms with Gasteiger partial charge in [0.15, 0.2) is 0 Å². The van der Waals surface area contributed by atoms with Crippen molar-refractivity contribution in [1.29, 1.82) is 0 Å². The molecule has 2 amide bonds. The maximum absolute atomic E-state index is 13.1. The Balaban J connectivity index is 1.59. The van der Waals surface area contributed by atoms with Crippen LogP contribution in [0.1, 0.15) is 54.2 Å². The molecule has 1 aliphatic rings. The zero-order valence-corrected chi connectivity index (χ0v) is 16.9. The van der Waals surface area contributed by atoms with Gasteiger partial charge in [0.25, 0.3) is 5.91 Å². The maximum Gasteiger partial charge on any atom is 0.255 e. The van der Waals surface area contributed by atoms with Gasteiger partial charge in [-0.25, -0.2) is 0 Å². The molecule has 2 heterocycles. The first-order valence-electron chi connectivity index (χ1n) is 10.3. The minimum atomic E-state index is -0.182. The van der Waals surface area contributed by atoms with Gasteiger partial charge in [-0.1, -0.05) is 50.2 Å². The van der Waals surface area contributed by atoms with Crippen molar-refractivity contribution in [3.8, 4) is 0 Å². The zero-order valence-electron chi connectivity index (χ0n) is 16.9. The number of H-pyrrole nitrogens is 1. The van der Waals surface area contributed by atoms with Crippen LogP contribution in [0.3, 0.4) is 0 Å². The molecule has 0 aliphatic carbocycles. The van der Waals surface area contributed by atoms with Gasteiger partial charge in [-0.2, -0.15) is 0 Å². The van der Waals surface area contributed by atoms with Crippen LogP contribution in [-0.4, -0.2) is 34.8 Å². The number of benzene rings is 2. The van der Waals surface area contributed by atoms with Crippen molar-refractivity contribution >= 4 is 22.7 Å². The summed E-state index contributed by atoms with van der Waals surface area (Å²) in [4.78, 5) is 30.6. The third kappa shape index (κ3) is 3.77. The highest BCUT2D eigenvalue weighted by atomic mass is 16.2. The average molecular weight is 389 g/mol. The summed E-state index contributed by atoms with van der Waals surface area (Å²) >= 11 is 0. The van der Waals surface area contributed by atoms with Gasteiger partial charge in [0.2, 0.25) is 5.91 Å². The summed E-state index contributed by atoms with van der Waals surface area (Å²) in [5.41, 5.74) is 3.84. The molecule has 0 saturated heterocycles. The molecule has 150 valence electrons. The third-order valence-electron chi connectivity index (χ3n) is 5.60. The number of hydrogen-bond donors (Lipinski definition) is 2. The molecule has 5 heteroatoms. The van der Waals surface area contributed by atoms with Gasteiger partial charge in [-0.3, -0.25) is 9.59 Å². The van der Waals surface area contributed by atoms with E-state index in [0.29, 0.717) is 25.4 Å². The summed E-state index contributed by atoms with van der Waals surface area (Å²) in [5, 5.41) is 4.08. The van der Waals surface area contributed by atoms with Crippen LogP contribution in [0.15, 0.2) is 54.7 Å². The molecule has 2 N–H and O–H groups in total. The molecule has 0 bridgehead atoms. The fourth-order valence-electron chi connectivity index (χ4n) is 4.07. The number of amides is 2. The van der Waals surface area contributed by atoms with Crippen molar-refractivity contribution < 1.29 is 9.59 Å². The molecule has 5 nitrogen and oxygen atoms in total. The Morgan fingerprint density at radius 1 is 1.10 bits per heavy atom. The van der Waals surface area contributed by atoms with Gasteiger partial charge in [0.1, 0.15) is 0 Å². The minimum Gasteiger partial charge on any atom is -0.361 e. The first kappa shape index (κ1) is 19.2. The molecule has 2 aromatic carbocycles. The standard InChI is InChI=1S/C24H27N3O2/c1-16(2)11-13-25-22(28)12-14-27-23(18-8-3-4-9-19(18)24(27)29)20-15-26-21-10-6-5-7-17(20)21/h3-10,15-16,23,26H,11-14H2,1-2H3,(H,25,28). The average Bonchev–Trinajstić information content (AvgIpc) is 3.25. The summed E-state index contributed by atoms with van der Waals surface area (Å²) in [7, 11) is 0. The summed E-state index contributed by atoms with van der Waals surface area (Å²) in [5.74, 6) is 0.536. The molecule has 0 spiro atoms. The van der Waals surface area contributed by atoms with Gasteiger partial charge in [0.05, 0.1) is 6.04 Å².